The normalized spacial score (nSPS) is 24.1. The van der Waals surface area contributed by atoms with E-state index >= 15 is 0 Å². The number of hydrogen-bond acceptors (Lipinski definition) is 2. The number of rotatable bonds is 5. The summed E-state index contributed by atoms with van der Waals surface area (Å²) in [6.45, 7) is 10.7. The van der Waals surface area contributed by atoms with Gasteiger partial charge in [-0.3, -0.25) is 0 Å². The molecule has 0 saturated carbocycles. The number of ether oxygens (including phenoxy) is 1. The molecule has 0 bridgehead atoms. The zero-order valence-electron chi connectivity index (χ0n) is 13.0. The first kappa shape index (κ1) is 16.0. The van der Waals surface area contributed by atoms with Crippen LogP contribution in [-0.4, -0.2) is 19.3 Å². The van der Waals surface area contributed by atoms with E-state index < -0.39 is 0 Å². The monoisotopic (exact) mass is 339 g/mol. The molecule has 2 rings (SSSR count). The first-order valence-corrected chi connectivity index (χ1v) is 8.49. The summed E-state index contributed by atoms with van der Waals surface area (Å²) >= 11 is 3.63. The predicted molar refractivity (Wildman–Crippen MR) is 88.2 cm³/mol. The quantitative estimate of drug-likeness (QED) is 0.850. The van der Waals surface area contributed by atoms with Crippen molar-refractivity contribution in [2.45, 2.75) is 52.7 Å². The SMILES string of the molecule is CCNC(c1cc(C)c(Br)cc1C)C1CCOC1CC. The van der Waals surface area contributed by atoms with Crippen molar-refractivity contribution in [3.8, 4) is 0 Å². The smallest absolute Gasteiger partial charge is 0.0619 e. The molecule has 3 unspecified atom stereocenters. The summed E-state index contributed by atoms with van der Waals surface area (Å²) in [5, 5.41) is 3.70. The molecule has 1 fully saturated rings. The lowest BCUT2D eigenvalue weighted by Gasteiger charge is -2.30. The van der Waals surface area contributed by atoms with Crippen LogP contribution in [0.15, 0.2) is 16.6 Å². The molecule has 1 aromatic carbocycles. The van der Waals surface area contributed by atoms with Crippen LogP contribution in [0.2, 0.25) is 0 Å². The molecule has 0 aromatic heterocycles. The van der Waals surface area contributed by atoms with E-state index in [9.17, 15) is 0 Å². The Balaban J connectivity index is 2.35. The molecule has 1 aliphatic heterocycles. The molecule has 0 amide bonds. The van der Waals surface area contributed by atoms with Crippen LogP contribution in [0.1, 0.15) is 49.4 Å². The molecular weight excluding hydrogens is 314 g/mol. The van der Waals surface area contributed by atoms with Gasteiger partial charge in [-0.15, -0.1) is 0 Å². The average Bonchev–Trinajstić information content (AvgIpc) is 2.88. The number of hydrogen-bond donors (Lipinski definition) is 1. The van der Waals surface area contributed by atoms with E-state index in [0.29, 0.717) is 18.1 Å². The lowest BCUT2D eigenvalue weighted by molar-refractivity contribution is 0.0775. The van der Waals surface area contributed by atoms with Gasteiger partial charge in [0.1, 0.15) is 0 Å². The van der Waals surface area contributed by atoms with Gasteiger partial charge in [0.15, 0.2) is 0 Å². The van der Waals surface area contributed by atoms with Crippen LogP contribution in [-0.2, 0) is 4.74 Å². The molecule has 2 nitrogen and oxygen atoms in total. The topological polar surface area (TPSA) is 21.3 Å². The van der Waals surface area contributed by atoms with Crippen LogP contribution >= 0.6 is 15.9 Å². The Kier molecular flexibility index (Phi) is 5.65. The minimum Gasteiger partial charge on any atom is -0.378 e. The minimum atomic E-state index is 0.391. The molecule has 1 aromatic rings. The van der Waals surface area contributed by atoms with Gasteiger partial charge >= 0.3 is 0 Å². The second kappa shape index (κ2) is 7.06. The van der Waals surface area contributed by atoms with Crippen molar-refractivity contribution in [3.05, 3.63) is 33.3 Å². The zero-order valence-corrected chi connectivity index (χ0v) is 14.6. The second-order valence-electron chi connectivity index (χ2n) is 5.76. The molecule has 1 saturated heterocycles. The Bertz CT molecular complexity index is 461. The summed E-state index contributed by atoms with van der Waals surface area (Å²) in [7, 11) is 0. The first-order valence-electron chi connectivity index (χ1n) is 7.70. The number of benzene rings is 1. The molecule has 3 atom stereocenters. The van der Waals surface area contributed by atoms with Gasteiger partial charge in [0.05, 0.1) is 6.10 Å². The fourth-order valence-electron chi connectivity index (χ4n) is 3.32. The van der Waals surface area contributed by atoms with Crippen LogP contribution in [0.3, 0.4) is 0 Å². The summed E-state index contributed by atoms with van der Waals surface area (Å²) in [6.07, 6.45) is 2.65. The van der Waals surface area contributed by atoms with Crippen molar-refractivity contribution in [1.29, 1.82) is 0 Å². The van der Waals surface area contributed by atoms with Gasteiger partial charge in [-0.1, -0.05) is 35.8 Å². The average molecular weight is 340 g/mol. The first-order chi connectivity index (χ1) is 9.58. The highest BCUT2D eigenvalue weighted by Crippen LogP contribution is 2.37. The van der Waals surface area contributed by atoms with Crippen LogP contribution < -0.4 is 5.32 Å². The second-order valence-corrected chi connectivity index (χ2v) is 6.62. The van der Waals surface area contributed by atoms with Crippen LogP contribution in [0, 0.1) is 19.8 Å². The lowest BCUT2D eigenvalue weighted by atomic mass is 9.84. The molecule has 112 valence electrons. The minimum absolute atomic E-state index is 0.391. The summed E-state index contributed by atoms with van der Waals surface area (Å²) in [5.74, 6) is 0.583. The van der Waals surface area contributed by atoms with E-state index in [4.69, 9.17) is 4.74 Å². The highest BCUT2D eigenvalue weighted by atomic mass is 79.9. The summed E-state index contributed by atoms with van der Waals surface area (Å²) in [5.41, 5.74) is 4.09. The molecule has 1 aliphatic rings. The van der Waals surface area contributed by atoms with E-state index in [1.54, 1.807) is 0 Å². The Morgan fingerprint density at radius 3 is 2.70 bits per heavy atom. The number of nitrogens with one attached hydrogen (secondary N) is 1. The summed E-state index contributed by atoms with van der Waals surface area (Å²) in [4.78, 5) is 0. The molecule has 0 radical (unpaired) electrons. The fraction of sp³-hybridized carbons (Fsp3) is 0.647. The van der Waals surface area contributed by atoms with Crippen molar-refractivity contribution < 1.29 is 4.74 Å². The highest BCUT2D eigenvalue weighted by Gasteiger charge is 2.34. The Morgan fingerprint density at radius 2 is 2.05 bits per heavy atom. The lowest BCUT2D eigenvalue weighted by Crippen LogP contribution is -2.33. The third kappa shape index (κ3) is 3.26. The van der Waals surface area contributed by atoms with E-state index in [0.717, 1.165) is 26.0 Å². The fourth-order valence-corrected chi connectivity index (χ4v) is 3.77. The van der Waals surface area contributed by atoms with Crippen molar-refractivity contribution in [2.75, 3.05) is 13.2 Å². The molecule has 0 aliphatic carbocycles. The molecule has 20 heavy (non-hydrogen) atoms. The molecule has 0 spiro atoms. The van der Waals surface area contributed by atoms with E-state index in [-0.39, 0.29) is 0 Å². The number of aryl methyl sites for hydroxylation is 2. The highest BCUT2D eigenvalue weighted by molar-refractivity contribution is 9.10. The van der Waals surface area contributed by atoms with Crippen molar-refractivity contribution in [3.63, 3.8) is 0 Å². The van der Waals surface area contributed by atoms with E-state index in [2.05, 4.69) is 61.1 Å². The van der Waals surface area contributed by atoms with Gasteiger partial charge in [0.25, 0.3) is 0 Å². The maximum atomic E-state index is 5.91. The van der Waals surface area contributed by atoms with Crippen LogP contribution in [0.25, 0.3) is 0 Å². The van der Waals surface area contributed by atoms with Crippen molar-refractivity contribution in [1.82, 2.24) is 5.32 Å². The van der Waals surface area contributed by atoms with E-state index in [1.165, 1.54) is 21.2 Å². The molecule has 1 N–H and O–H groups in total. The molecule has 3 heteroatoms. The third-order valence-electron chi connectivity index (χ3n) is 4.40. The summed E-state index contributed by atoms with van der Waals surface area (Å²) < 4.78 is 7.11. The standard InChI is InChI=1S/C17H26BrNO/c1-5-16-13(7-8-20-16)17(19-6-2)14-9-12(4)15(18)10-11(14)3/h9-10,13,16-17,19H,5-8H2,1-4H3. The van der Waals surface area contributed by atoms with Gasteiger partial charge in [0.2, 0.25) is 0 Å². The number of halogens is 1. The maximum Gasteiger partial charge on any atom is 0.0619 e. The van der Waals surface area contributed by atoms with Gasteiger partial charge in [0, 0.05) is 23.0 Å². The van der Waals surface area contributed by atoms with Crippen LogP contribution in [0.5, 0.6) is 0 Å². The van der Waals surface area contributed by atoms with Gasteiger partial charge in [-0.2, -0.15) is 0 Å². The summed E-state index contributed by atoms with van der Waals surface area (Å²) in [6, 6.07) is 4.98. The Labute approximate surface area is 131 Å². The largest absolute Gasteiger partial charge is 0.378 e. The Hall–Kier alpha value is -0.380. The molecular formula is C17H26BrNO. The predicted octanol–water partition coefficient (Wildman–Crippen LogP) is 4.53. The van der Waals surface area contributed by atoms with Gasteiger partial charge in [-0.05, 0) is 56.0 Å². The van der Waals surface area contributed by atoms with Gasteiger partial charge < -0.3 is 10.1 Å². The van der Waals surface area contributed by atoms with E-state index in [1.807, 2.05) is 0 Å². The Morgan fingerprint density at radius 1 is 1.30 bits per heavy atom. The van der Waals surface area contributed by atoms with Crippen molar-refractivity contribution in [2.24, 2.45) is 5.92 Å². The molecule has 1 heterocycles. The zero-order chi connectivity index (χ0) is 14.7. The maximum absolute atomic E-state index is 5.91. The van der Waals surface area contributed by atoms with Crippen molar-refractivity contribution >= 4 is 15.9 Å². The van der Waals surface area contributed by atoms with Crippen LogP contribution in [0.4, 0.5) is 0 Å². The third-order valence-corrected chi connectivity index (χ3v) is 5.25. The van der Waals surface area contributed by atoms with Gasteiger partial charge in [-0.25, -0.2) is 0 Å².